The van der Waals surface area contributed by atoms with E-state index in [0.29, 0.717) is 33.9 Å². The standard InChI is InChI=1S/C25H24F4N2O3S2/c26-23-13-5-4-8-19(23)18-35-15-7-14-30-24(32)17-31(36(33,34)22-11-2-1-3-12-22)21-10-6-9-20(16-21)25(27,28)29/h1-6,8-13,16H,7,14-15,17-18H2,(H,30,32). The first-order chi connectivity index (χ1) is 17.1. The van der Waals surface area contributed by atoms with Gasteiger partial charge in [0, 0.05) is 12.3 Å². The molecule has 0 saturated heterocycles. The van der Waals surface area contributed by atoms with Crippen LogP contribution in [0.1, 0.15) is 17.5 Å². The van der Waals surface area contributed by atoms with Gasteiger partial charge in [-0.05, 0) is 54.1 Å². The van der Waals surface area contributed by atoms with Crippen LogP contribution in [-0.2, 0) is 26.7 Å². The van der Waals surface area contributed by atoms with E-state index in [2.05, 4.69) is 5.32 Å². The van der Waals surface area contributed by atoms with E-state index in [1.807, 2.05) is 0 Å². The van der Waals surface area contributed by atoms with Gasteiger partial charge in [0.15, 0.2) is 0 Å². The van der Waals surface area contributed by atoms with E-state index in [-0.39, 0.29) is 22.9 Å². The highest BCUT2D eigenvalue weighted by Crippen LogP contribution is 2.33. The second kappa shape index (κ2) is 12.3. The molecule has 0 atom stereocenters. The number of nitrogens with zero attached hydrogens (tertiary/aromatic N) is 1. The summed E-state index contributed by atoms with van der Waals surface area (Å²) in [6.45, 7) is -0.466. The first-order valence-electron chi connectivity index (χ1n) is 10.9. The molecule has 1 N–H and O–H groups in total. The minimum Gasteiger partial charge on any atom is -0.354 e. The third kappa shape index (κ3) is 7.47. The molecule has 0 spiro atoms. The monoisotopic (exact) mass is 540 g/mol. The second-order valence-corrected chi connectivity index (χ2v) is 10.7. The van der Waals surface area contributed by atoms with E-state index in [1.165, 1.54) is 48.2 Å². The minimum absolute atomic E-state index is 0.153. The molecule has 5 nitrogen and oxygen atoms in total. The lowest BCUT2D eigenvalue weighted by Crippen LogP contribution is -2.41. The van der Waals surface area contributed by atoms with Crippen LogP contribution >= 0.6 is 11.8 Å². The Balaban J connectivity index is 1.65. The largest absolute Gasteiger partial charge is 0.416 e. The molecule has 3 aromatic carbocycles. The van der Waals surface area contributed by atoms with E-state index in [9.17, 15) is 30.8 Å². The van der Waals surface area contributed by atoms with Gasteiger partial charge in [0.05, 0.1) is 16.1 Å². The van der Waals surface area contributed by atoms with Crippen LogP contribution in [0.25, 0.3) is 0 Å². The fraction of sp³-hybridized carbons (Fsp3) is 0.240. The Morgan fingerprint density at radius 2 is 1.64 bits per heavy atom. The molecule has 1 amide bonds. The molecule has 0 heterocycles. The number of benzene rings is 3. The molecule has 0 aliphatic heterocycles. The summed E-state index contributed by atoms with van der Waals surface area (Å²) in [7, 11) is -4.32. The number of alkyl halides is 3. The Labute approximate surface area is 211 Å². The summed E-state index contributed by atoms with van der Waals surface area (Å²) in [5.41, 5.74) is -0.723. The number of thioether (sulfide) groups is 1. The summed E-state index contributed by atoms with van der Waals surface area (Å²) in [4.78, 5) is 12.4. The van der Waals surface area contributed by atoms with Crippen LogP contribution in [0.5, 0.6) is 0 Å². The van der Waals surface area contributed by atoms with Crippen molar-refractivity contribution in [2.24, 2.45) is 0 Å². The second-order valence-electron chi connectivity index (χ2n) is 7.72. The Morgan fingerprint density at radius 3 is 2.33 bits per heavy atom. The fourth-order valence-corrected chi connectivity index (χ4v) is 5.64. The molecule has 0 aliphatic rings. The van der Waals surface area contributed by atoms with E-state index >= 15 is 0 Å². The van der Waals surface area contributed by atoms with Crippen molar-refractivity contribution < 1.29 is 30.8 Å². The van der Waals surface area contributed by atoms with Gasteiger partial charge in [-0.2, -0.15) is 24.9 Å². The van der Waals surface area contributed by atoms with Crippen molar-refractivity contribution in [2.75, 3.05) is 23.1 Å². The summed E-state index contributed by atoms with van der Waals surface area (Å²) >= 11 is 1.48. The zero-order valence-electron chi connectivity index (χ0n) is 19.0. The van der Waals surface area contributed by atoms with Crippen molar-refractivity contribution in [3.63, 3.8) is 0 Å². The summed E-state index contributed by atoms with van der Waals surface area (Å²) < 4.78 is 80.5. The molecule has 0 radical (unpaired) electrons. The highest BCUT2D eigenvalue weighted by molar-refractivity contribution is 7.98. The molecular formula is C25H24F4N2O3S2. The van der Waals surface area contributed by atoms with Gasteiger partial charge in [-0.25, -0.2) is 12.8 Å². The maximum atomic E-state index is 13.7. The molecule has 0 bridgehead atoms. The SMILES string of the molecule is O=C(CN(c1cccc(C(F)(F)F)c1)S(=O)(=O)c1ccccc1)NCCCSCc1ccccc1F. The van der Waals surface area contributed by atoms with E-state index in [1.54, 1.807) is 24.3 Å². The van der Waals surface area contributed by atoms with Gasteiger partial charge >= 0.3 is 6.18 Å². The van der Waals surface area contributed by atoms with Crippen molar-refractivity contribution in [3.8, 4) is 0 Å². The highest BCUT2D eigenvalue weighted by atomic mass is 32.2. The fourth-order valence-electron chi connectivity index (χ4n) is 3.26. The first-order valence-corrected chi connectivity index (χ1v) is 13.5. The van der Waals surface area contributed by atoms with Crippen molar-refractivity contribution >= 4 is 33.4 Å². The van der Waals surface area contributed by atoms with Gasteiger partial charge in [0.2, 0.25) is 5.91 Å². The number of sulfonamides is 1. The highest BCUT2D eigenvalue weighted by Gasteiger charge is 2.33. The number of halogens is 4. The van der Waals surface area contributed by atoms with Crippen LogP contribution in [0.2, 0.25) is 0 Å². The lowest BCUT2D eigenvalue weighted by molar-refractivity contribution is -0.137. The predicted octanol–water partition coefficient (Wildman–Crippen LogP) is 5.48. The van der Waals surface area contributed by atoms with Gasteiger partial charge in [-0.3, -0.25) is 9.10 Å². The molecule has 0 fully saturated rings. The molecule has 3 aromatic rings. The summed E-state index contributed by atoms with van der Waals surface area (Å²) in [6.07, 6.45) is -4.14. The summed E-state index contributed by atoms with van der Waals surface area (Å²) in [5, 5.41) is 2.61. The number of amides is 1. The lowest BCUT2D eigenvalue weighted by atomic mass is 10.2. The zero-order chi connectivity index (χ0) is 26.2. The van der Waals surface area contributed by atoms with Crippen LogP contribution < -0.4 is 9.62 Å². The van der Waals surface area contributed by atoms with Crippen LogP contribution in [-0.4, -0.2) is 33.2 Å². The van der Waals surface area contributed by atoms with Gasteiger partial charge in [0.1, 0.15) is 12.4 Å². The maximum Gasteiger partial charge on any atom is 0.416 e. The van der Waals surface area contributed by atoms with Crippen LogP contribution in [0, 0.1) is 5.82 Å². The van der Waals surface area contributed by atoms with Gasteiger partial charge in [-0.1, -0.05) is 42.5 Å². The zero-order valence-corrected chi connectivity index (χ0v) is 20.7. The van der Waals surface area contributed by atoms with E-state index < -0.39 is 34.2 Å². The molecule has 0 aromatic heterocycles. The first kappa shape index (κ1) is 27.5. The van der Waals surface area contributed by atoms with Crippen molar-refractivity contribution in [1.82, 2.24) is 5.32 Å². The number of hydrogen-bond acceptors (Lipinski definition) is 4. The van der Waals surface area contributed by atoms with Crippen molar-refractivity contribution in [2.45, 2.75) is 23.2 Å². The Hall–Kier alpha value is -3.05. The molecule has 3 rings (SSSR count). The van der Waals surface area contributed by atoms with Crippen molar-refractivity contribution in [3.05, 3.63) is 95.8 Å². The lowest BCUT2D eigenvalue weighted by Gasteiger charge is -2.25. The number of hydrogen-bond donors (Lipinski definition) is 1. The summed E-state index contributed by atoms with van der Waals surface area (Å²) in [5.74, 6) is 0.145. The molecule has 36 heavy (non-hydrogen) atoms. The van der Waals surface area contributed by atoms with Gasteiger partial charge < -0.3 is 5.32 Å². The summed E-state index contributed by atoms with van der Waals surface area (Å²) in [6, 6.07) is 17.5. The molecule has 192 valence electrons. The Morgan fingerprint density at radius 1 is 0.944 bits per heavy atom. The predicted molar refractivity (Wildman–Crippen MR) is 133 cm³/mol. The molecule has 11 heteroatoms. The maximum absolute atomic E-state index is 13.7. The van der Waals surface area contributed by atoms with Gasteiger partial charge in [0.25, 0.3) is 10.0 Å². The number of nitrogens with one attached hydrogen (secondary N) is 1. The Kier molecular flexibility index (Phi) is 9.38. The number of carbonyl (C=O) groups is 1. The Bertz CT molecular complexity index is 1270. The van der Waals surface area contributed by atoms with Crippen LogP contribution in [0.4, 0.5) is 23.2 Å². The average Bonchev–Trinajstić information content (AvgIpc) is 2.85. The molecule has 0 unspecified atom stereocenters. The smallest absolute Gasteiger partial charge is 0.354 e. The van der Waals surface area contributed by atoms with E-state index in [4.69, 9.17) is 0 Å². The van der Waals surface area contributed by atoms with Crippen LogP contribution in [0.15, 0.2) is 83.8 Å². The molecular weight excluding hydrogens is 516 g/mol. The average molecular weight is 541 g/mol. The normalized spacial score (nSPS) is 11.8. The third-order valence-corrected chi connectivity index (χ3v) is 7.96. The minimum atomic E-state index is -4.68. The molecule has 0 saturated carbocycles. The topological polar surface area (TPSA) is 66.5 Å². The number of rotatable bonds is 11. The number of anilines is 1. The third-order valence-electron chi connectivity index (χ3n) is 5.08. The molecule has 0 aliphatic carbocycles. The van der Waals surface area contributed by atoms with E-state index in [0.717, 1.165) is 12.1 Å². The number of carbonyl (C=O) groups excluding carboxylic acids is 1. The quantitative estimate of drug-likeness (QED) is 0.258. The van der Waals surface area contributed by atoms with Crippen molar-refractivity contribution in [1.29, 1.82) is 0 Å². The van der Waals surface area contributed by atoms with Crippen LogP contribution in [0.3, 0.4) is 0 Å². The van der Waals surface area contributed by atoms with Gasteiger partial charge in [-0.15, -0.1) is 0 Å².